The van der Waals surface area contributed by atoms with Crippen molar-refractivity contribution in [1.29, 1.82) is 0 Å². The lowest BCUT2D eigenvalue weighted by molar-refractivity contribution is 0.667. The molecule has 0 amide bonds. The van der Waals surface area contributed by atoms with Crippen LogP contribution in [0.15, 0.2) is 196 Å². The number of rotatable bonds is 5. The normalized spacial score (nSPS) is 14.5. The molecule has 0 spiro atoms. The number of amidine groups is 2. The molecule has 268 valence electrons. The fraction of sp³-hybridized carbons (Fsp3) is 0.0196. The molecule has 0 fully saturated rings. The molecule has 8 aromatic carbocycles. The zero-order valence-electron chi connectivity index (χ0n) is 30.6. The van der Waals surface area contributed by atoms with Crippen molar-refractivity contribution >= 4 is 86.9 Å². The lowest BCUT2D eigenvalue weighted by atomic mass is 9.97. The van der Waals surface area contributed by atoms with E-state index in [1.807, 2.05) is 41.7 Å². The number of aromatic nitrogens is 1. The Morgan fingerprint density at radius 3 is 2.05 bits per heavy atom. The first-order chi connectivity index (χ1) is 28.2. The minimum Gasteiger partial charge on any atom is -0.456 e. The molecule has 1 N–H and O–H groups in total. The van der Waals surface area contributed by atoms with Gasteiger partial charge in [-0.25, -0.2) is 9.98 Å². The molecule has 0 saturated carbocycles. The van der Waals surface area contributed by atoms with Crippen molar-refractivity contribution in [2.24, 2.45) is 9.98 Å². The molecule has 57 heavy (non-hydrogen) atoms. The Balaban J connectivity index is 1.09. The molecule has 1 unspecified atom stereocenters. The van der Waals surface area contributed by atoms with Crippen molar-refractivity contribution in [2.45, 2.75) is 6.17 Å². The monoisotopic (exact) mass is 748 g/mol. The van der Waals surface area contributed by atoms with E-state index in [1.54, 1.807) is 0 Å². The zero-order valence-corrected chi connectivity index (χ0v) is 31.4. The summed E-state index contributed by atoms with van der Waals surface area (Å²) in [6.45, 7) is 0. The maximum atomic E-state index is 6.92. The Labute approximate surface area is 331 Å². The summed E-state index contributed by atoms with van der Waals surface area (Å²) >= 11 is 1.87. The van der Waals surface area contributed by atoms with Crippen LogP contribution in [0.4, 0.5) is 0 Å². The minimum absolute atomic E-state index is 0.322. The van der Waals surface area contributed by atoms with E-state index in [0.717, 1.165) is 61.3 Å². The van der Waals surface area contributed by atoms with E-state index >= 15 is 0 Å². The van der Waals surface area contributed by atoms with E-state index in [4.69, 9.17) is 14.4 Å². The quantitative estimate of drug-likeness (QED) is 0.191. The van der Waals surface area contributed by atoms with Gasteiger partial charge in [-0.1, -0.05) is 133 Å². The van der Waals surface area contributed by atoms with Gasteiger partial charge in [-0.3, -0.25) is 0 Å². The second-order valence-electron chi connectivity index (χ2n) is 14.6. The minimum atomic E-state index is -0.322. The third kappa shape index (κ3) is 5.08. The Morgan fingerprint density at radius 2 is 1.23 bits per heavy atom. The third-order valence-electron chi connectivity index (χ3n) is 11.2. The Hall–Kier alpha value is -7.28. The van der Waals surface area contributed by atoms with Crippen LogP contribution in [0, 0.1) is 0 Å². The number of nitrogens with one attached hydrogen (secondary N) is 1. The number of fused-ring (bicyclic) bond motifs is 10. The van der Waals surface area contributed by atoms with Gasteiger partial charge >= 0.3 is 0 Å². The van der Waals surface area contributed by atoms with Crippen LogP contribution in [0.3, 0.4) is 0 Å². The second kappa shape index (κ2) is 12.6. The number of furan rings is 1. The number of aliphatic imine (C=N–C) groups is 2. The average molecular weight is 749 g/mol. The molecule has 3 aromatic heterocycles. The summed E-state index contributed by atoms with van der Waals surface area (Å²) in [7, 11) is 0. The summed E-state index contributed by atoms with van der Waals surface area (Å²) in [6.07, 6.45) is -0.322. The van der Waals surface area contributed by atoms with Gasteiger partial charge in [-0.2, -0.15) is 0 Å². The van der Waals surface area contributed by atoms with E-state index in [9.17, 15) is 0 Å². The van der Waals surface area contributed by atoms with Crippen LogP contribution in [-0.4, -0.2) is 16.2 Å². The van der Waals surface area contributed by atoms with Crippen molar-refractivity contribution in [3.63, 3.8) is 0 Å². The molecule has 1 aliphatic rings. The van der Waals surface area contributed by atoms with Crippen LogP contribution in [0.1, 0.15) is 22.9 Å². The highest BCUT2D eigenvalue weighted by Crippen LogP contribution is 2.44. The van der Waals surface area contributed by atoms with E-state index in [0.29, 0.717) is 5.84 Å². The summed E-state index contributed by atoms with van der Waals surface area (Å²) in [5.74, 6) is 1.44. The zero-order chi connectivity index (χ0) is 37.5. The van der Waals surface area contributed by atoms with Crippen molar-refractivity contribution in [2.75, 3.05) is 0 Å². The number of para-hydroxylation sites is 1. The molecule has 5 nitrogen and oxygen atoms in total. The van der Waals surface area contributed by atoms with E-state index in [1.165, 1.54) is 42.0 Å². The Kier molecular flexibility index (Phi) is 7.09. The van der Waals surface area contributed by atoms with Crippen LogP contribution in [0.2, 0.25) is 0 Å². The third-order valence-corrected chi connectivity index (χ3v) is 12.5. The Morgan fingerprint density at radius 1 is 0.526 bits per heavy atom. The van der Waals surface area contributed by atoms with Gasteiger partial charge in [-0.15, -0.1) is 11.3 Å². The number of benzene rings is 8. The van der Waals surface area contributed by atoms with Crippen LogP contribution < -0.4 is 5.32 Å². The molecule has 6 heteroatoms. The first-order valence-electron chi connectivity index (χ1n) is 19.2. The average Bonchev–Trinajstić information content (AvgIpc) is 3.96. The fourth-order valence-corrected chi connectivity index (χ4v) is 9.90. The molecule has 12 rings (SSSR count). The molecule has 4 heterocycles. The van der Waals surface area contributed by atoms with Gasteiger partial charge in [0.25, 0.3) is 0 Å². The van der Waals surface area contributed by atoms with Gasteiger partial charge in [0.2, 0.25) is 0 Å². The number of thiophene rings is 1. The largest absolute Gasteiger partial charge is 0.456 e. The van der Waals surface area contributed by atoms with Gasteiger partial charge < -0.3 is 14.3 Å². The summed E-state index contributed by atoms with van der Waals surface area (Å²) < 4.78 is 11.9. The van der Waals surface area contributed by atoms with Crippen LogP contribution in [0.25, 0.3) is 80.7 Å². The molecule has 0 radical (unpaired) electrons. The van der Waals surface area contributed by atoms with Gasteiger partial charge in [0, 0.05) is 64.6 Å². The standard InChI is InChI=1S/C51H32N4OS/c1-4-14-31(15-5-1)34-28-40(51-53-49(32-16-6-2-7-17-32)52-50(54-51)33-18-8-3-9-19-33)46-39-25-24-35(30-43(39)56-44(46)29-34)55-41-22-12-10-21-38(41)47-42(55)27-26-37-36-20-11-13-23-45(36)57-48(37)47/h1-30,49H,(H,52,53,54). The van der Waals surface area contributed by atoms with E-state index < -0.39 is 0 Å². The van der Waals surface area contributed by atoms with Gasteiger partial charge in [0.05, 0.1) is 11.0 Å². The summed E-state index contributed by atoms with van der Waals surface area (Å²) in [6, 6.07) is 64.1. The van der Waals surface area contributed by atoms with Crippen molar-refractivity contribution in [1.82, 2.24) is 9.88 Å². The van der Waals surface area contributed by atoms with E-state index in [2.05, 4.69) is 162 Å². The highest BCUT2D eigenvalue weighted by Gasteiger charge is 2.25. The smallest absolute Gasteiger partial charge is 0.159 e. The number of nitrogens with zero attached hydrogens (tertiary/aromatic N) is 3. The molecule has 1 aliphatic heterocycles. The molecule has 1 atom stereocenters. The summed E-state index contributed by atoms with van der Waals surface area (Å²) in [4.78, 5) is 10.4. The highest BCUT2D eigenvalue weighted by molar-refractivity contribution is 7.26. The SMILES string of the molecule is c1ccc(C2=NC(c3ccccc3)NC(c3cc(-c4ccccc4)cc4oc5cc(-n6c7ccccc7c7c8sc9ccccc9c8ccc76)ccc5c34)=N2)cc1. The first kappa shape index (κ1) is 32.0. The fourth-order valence-electron chi connectivity index (χ4n) is 8.64. The number of hydrogen-bond acceptors (Lipinski definition) is 5. The van der Waals surface area contributed by atoms with Crippen LogP contribution in [-0.2, 0) is 0 Å². The van der Waals surface area contributed by atoms with Crippen molar-refractivity contribution in [3.8, 4) is 16.8 Å². The number of hydrogen-bond donors (Lipinski definition) is 1. The first-order valence-corrected chi connectivity index (χ1v) is 20.0. The van der Waals surface area contributed by atoms with Gasteiger partial charge in [0.15, 0.2) is 5.84 Å². The van der Waals surface area contributed by atoms with Crippen molar-refractivity contribution in [3.05, 3.63) is 199 Å². The predicted octanol–water partition coefficient (Wildman–Crippen LogP) is 13.2. The van der Waals surface area contributed by atoms with Gasteiger partial charge in [-0.05, 0) is 59.2 Å². The second-order valence-corrected chi connectivity index (χ2v) is 15.6. The summed E-state index contributed by atoms with van der Waals surface area (Å²) in [5.41, 5.74) is 10.2. The lowest BCUT2D eigenvalue weighted by Gasteiger charge is -2.24. The molecular weight excluding hydrogens is 717 g/mol. The highest BCUT2D eigenvalue weighted by atomic mass is 32.1. The Bertz CT molecular complexity index is 3430. The predicted molar refractivity (Wildman–Crippen MR) is 238 cm³/mol. The lowest BCUT2D eigenvalue weighted by Crippen LogP contribution is -2.33. The van der Waals surface area contributed by atoms with Crippen molar-refractivity contribution < 1.29 is 4.42 Å². The molecule has 11 aromatic rings. The van der Waals surface area contributed by atoms with Gasteiger partial charge in [0.1, 0.15) is 23.2 Å². The maximum Gasteiger partial charge on any atom is 0.159 e. The van der Waals surface area contributed by atoms with Crippen LogP contribution in [0.5, 0.6) is 0 Å². The van der Waals surface area contributed by atoms with E-state index in [-0.39, 0.29) is 6.17 Å². The molecule has 0 bridgehead atoms. The topological polar surface area (TPSA) is 54.8 Å². The van der Waals surface area contributed by atoms with Crippen LogP contribution >= 0.6 is 11.3 Å². The summed E-state index contributed by atoms with van der Waals surface area (Å²) in [5, 5.41) is 10.9. The molecular formula is C51H32N4OS. The molecule has 0 saturated heterocycles. The molecule has 0 aliphatic carbocycles. The maximum absolute atomic E-state index is 6.92.